The van der Waals surface area contributed by atoms with E-state index in [1.54, 1.807) is 6.07 Å². The minimum atomic E-state index is -0.150. The third kappa shape index (κ3) is 4.27. The molecule has 19 heavy (non-hydrogen) atoms. The van der Waals surface area contributed by atoms with Crippen LogP contribution in [0.4, 0.5) is 4.39 Å². The summed E-state index contributed by atoms with van der Waals surface area (Å²) in [4.78, 5) is 0. The summed E-state index contributed by atoms with van der Waals surface area (Å²) in [6, 6.07) is 7.02. The van der Waals surface area contributed by atoms with Crippen LogP contribution < -0.4 is 5.32 Å². The van der Waals surface area contributed by atoms with Gasteiger partial charge in [-0.2, -0.15) is 0 Å². The molecule has 1 N–H and O–H groups in total. The molecule has 1 aromatic carbocycles. The Kier molecular flexibility index (Phi) is 5.76. The highest BCUT2D eigenvalue weighted by Crippen LogP contribution is 2.14. The maximum atomic E-state index is 13.7. The van der Waals surface area contributed by atoms with Crippen LogP contribution in [-0.4, -0.2) is 38.5 Å². The highest BCUT2D eigenvalue weighted by molar-refractivity contribution is 5.18. The molecule has 2 unspecified atom stereocenters. The molecule has 106 valence electrons. The fraction of sp³-hybridized carbons (Fsp3) is 0.600. The summed E-state index contributed by atoms with van der Waals surface area (Å²) in [6.07, 6.45) is 1.67. The Morgan fingerprint density at radius 2 is 2.21 bits per heavy atom. The first-order chi connectivity index (χ1) is 9.31. The Bertz CT molecular complexity index is 380. The standard InChI is InChI=1S/C15H22FNO2/c1-2-7-17-14(15-11-18-8-9-19-15)10-12-5-3-4-6-13(12)16/h3-6,14-15,17H,2,7-11H2,1H3. The van der Waals surface area contributed by atoms with E-state index in [9.17, 15) is 4.39 Å². The van der Waals surface area contributed by atoms with Crippen molar-refractivity contribution in [2.75, 3.05) is 26.4 Å². The summed E-state index contributed by atoms with van der Waals surface area (Å²) < 4.78 is 24.9. The van der Waals surface area contributed by atoms with Gasteiger partial charge in [0.15, 0.2) is 0 Å². The van der Waals surface area contributed by atoms with Crippen LogP contribution >= 0.6 is 0 Å². The Morgan fingerprint density at radius 3 is 2.89 bits per heavy atom. The lowest BCUT2D eigenvalue weighted by Gasteiger charge is -2.31. The molecule has 1 heterocycles. The second-order valence-corrected chi connectivity index (χ2v) is 4.84. The van der Waals surface area contributed by atoms with Crippen molar-refractivity contribution in [3.63, 3.8) is 0 Å². The lowest BCUT2D eigenvalue weighted by molar-refractivity contribution is -0.101. The van der Waals surface area contributed by atoms with E-state index < -0.39 is 0 Å². The van der Waals surface area contributed by atoms with E-state index in [-0.39, 0.29) is 18.0 Å². The van der Waals surface area contributed by atoms with Crippen LogP contribution in [0.15, 0.2) is 24.3 Å². The van der Waals surface area contributed by atoms with Crippen LogP contribution in [0.1, 0.15) is 18.9 Å². The molecular weight excluding hydrogens is 245 g/mol. The van der Waals surface area contributed by atoms with Gasteiger partial charge in [0.25, 0.3) is 0 Å². The summed E-state index contributed by atoms with van der Waals surface area (Å²) in [7, 11) is 0. The summed E-state index contributed by atoms with van der Waals surface area (Å²) >= 11 is 0. The third-order valence-corrected chi connectivity index (χ3v) is 3.34. The largest absolute Gasteiger partial charge is 0.376 e. The smallest absolute Gasteiger partial charge is 0.126 e. The van der Waals surface area contributed by atoms with E-state index in [1.165, 1.54) is 6.07 Å². The van der Waals surface area contributed by atoms with Crippen LogP contribution in [0, 0.1) is 5.82 Å². The maximum Gasteiger partial charge on any atom is 0.126 e. The van der Waals surface area contributed by atoms with E-state index >= 15 is 0 Å². The molecular formula is C15H22FNO2. The molecule has 2 atom stereocenters. The van der Waals surface area contributed by atoms with Gasteiger partial charge in [0.05, 0.1) is 25.9 Å². The highest BCUT2D eigenvalue weighted by atomic mass is 19.1. The molecule has 1 saturated heterocycles. The summed E-state index contributed by atoms with van der Waals surface area (Å²) in [5, 5.41) is 3.44. The molecule has 0 spiro atoms. The third-order valence-electron chi connectivity index (χ3n) is 3.34. The SMILES string of the molecule is CCCNC(Cc1ccccc1F)C1COCCO1. The lowest BCUT2D eigenvalue weighted by atomic mass is 10.0. The Morgan fingerprint density at radius 1 is 1.37 bits per heavy atom. The molecule has 0 aromatic heterocycles. The monoisotopic (exact) mass is 267 g/mol. The number of hydrogen-bond acceptors (Lipinski definition) is 3. The molecule has 1 fully saturated rings. The first kappa shape index (κ1) is 14.4. The number of benzene rings is 1. The van der Waals surface area contributed by atoms with Gasteiger partial charge in [-0.15, -0.1) is 0 Å². The Hall–Kier alpha value is -0.970. The van der Waals surface area contributed by atoms with Gasteiger partial charge < -0.3 is 14.8 Å². The predicted molar refractivity (Wildman–Crippen MR) is 72.7 cm³/mol. The minimum Gasteiger partial charge on any atom is -0.376 e. The topological polar surface area (TPSA) is 30.5 Å². The molecule has 0 radical (unpaired) electrons. The van der Waals surface area contributed by atoms with Crippen LogP contribution in [0.3, 0.4) is 0 Å². The van der Waals surface area contributed by atoms with Crippen molar-refractivity contribution in [3.05, 3.63) is 35.6 Å². The van der Waals surface area contributed by atoms with Crippen molar-refractivity contribution >= 4 is 0 Å². The van der Waals surface area contributed by atoms with Gasteiger partial charge >= 0.3 is 0 Å². The summed E-state index contributed by atoms with van der Waals surface area (Å²) in [6.45, 7) is 4.86. The molecule has 1 aliphatic heterocycles. The number of rotatable bonds is 6. The molecule has 0 saturated carbocycles. The number of halogens is 1. The number of hydrogen-bond donors (Lipinski definition) is 1. The molecule has 0 amide bonds. The molecule has 1 aliphatic rings. The van der Waals surface area contributed by atoms with Crippen molar-refractivity contribution in [1.82, 2.24) is 5.32 Å². The van der Waals surface area contributed by atoms with E-state index in [1.807, 2.05) is 12.1 Å². The van der Waals surface area contributed by atoms with Crippen molar-refractivity contribution < 1.29 is 13.9 Å². The zero-order valence-electron chi connectivity index (χ0n) is 11.4. The summed E-state index contributed by atoms with van der Waals surface area (Å²) in [5.41, 5.74) is 0.727. The van der Waals surface area contributed by atoms with Crippen molar-refractivity contribution in [2.24, 2.45) is 0 Å². The van der Waals surface area contributed by atoms with Gasteiger partial charge in [-0.25, -0.2) is 4.39 Å². The van der Waals surface area contributed by atoms with Crippen LogP contribution in [0.5, 0.6) is 0 Å². The van der Waals surface area contributed by atoms with Crippen LogP contribution in [0.25, 0.3) is 0 Å². The quantitative estimate of drug-likeness (QED) is 0.856. The fourth-order valence-corrected chi connectivity index (χ4v) is 2.30. The lowest BCUT2D eigenvalue weighted by Crippen LogP contribution is -2.48. The minimum absolute atomic E-state index is 0.0000869. The predicted octanol–water partition coefficient (Wildman–Crippen LogP) is 2.15. The van der Waals surface area contributed by atoms with E-state index in [0.29, 0.717) is 26.2 Å². The second-order valence-electron chi connectivity index (χ2n) is 4.84. The first-order valence-electron chi connectivity index (χ1n) is 6.97. The zero-order chi connectivity index (χ0) is 13.5. The van der Waals surface area contributed by atoms with Gasteiger partial charge in [-0.05, 0) is 31.0 Å². The van der Waals surface area contributed by atoms with Gasteiger partial charge in [0.1, 0.15) is 5.82 Å². The molecule has 0 bridgehead atoms. The number of nitrogens with one attached hydrogen (secondary N) is 1. The molecule has 2 rings (SSSR count). The van der Waals surface area contributed by atoms with Crippen molar-refractivity contribution in [2.45, 2.75) is 31.9 Å². The average molecular weight is 267 g/mol. The van der Waals surface area contributed by atoms with Crippen LogP contribution in [0.2, 0.25) is 0 Å². The Labute approximate surface area is 114 Å². The normalized spacial score (nSPS) is 21.3. The van der Waals surface area contributed by atoms with Crippen LogP contribution in [-0.2, 0) is 15.9 Å². The van der Waals surface area contributed by atoms with Gasteiger partial charge in [0.2, 0.25) is 0 Å². The summed E-state index contributed by atoms with van der Waals surface area (Å²) in [5.74, 6) is -0.150. The van der Waals surface area contributed by atoms with Gasteiger partial charge in [-0.1, -0.05) is 25.1 Å². The average Bonchev–Trinajstić information content (AvgIpc) is 2.46. The van der Waals surface area contributed by atoms with E-state index in [0.717, 1.165) is 18.5 Å². The maximum absolute atomic E-state index is 13.7. The molecule has 1 aromatic rings. The van der Waals surface area contributed by atoms with E-state index in [4.69, 9.17) is 9.47 Å². The molecule has 4 heteroatoms. The molecule has 3 nitrogen and oxygen atoms in total. The molecule has 0 aliphatic carbocycles. The second kappa shape index (κ2) is 7.58. The van der Waals surface area contributed by atoms with Crippen molar-refractivity contribution in [1.29, 1.82) is 0 Å². The van der Waals surface area contributed by atoms with Gasteiger partial charge in [-0.3, -0.25) is 0 Å². The van der Waals surface area contributed by atoms with Gasteiger partial charge in [0, 0.05) is 6.04 Å². The Balaban J connectivity index is 2.02. The highest BCUT2D eigenvalue weighted by Gasteiger charge is 2.25. The fourth-order valence-electron chi connectivity index (χ4n) is 2.30. The van der Waals surface area contributed by atoms with Crippen molar-refractivity contribution in [3.8, 4) is 0 Å². The van der Waals surface area contributed by atoms with E-state index in [2.05, 4.69) is 12.2 Å². The first-order valence-corrected chi connectivity index (χ1v) is 6.97. The zero-order valence-corrected chi connectivity index (χ0v) is 11.4. The number of ether oxygens (including phenoxy) is 2.